The van der Waals surface area contributed by atoms with Crippen molar-refractivity contribution in [2.45, 2.75) is 33.1 Å². The Hall–Kier alpha value is -2.10. The molecule has 4 nitrogen and oxygen atoms in total. The summed E-state index contributed by atoms with van der Waals surface area (Å²) < 4.78 is 4.88. The van der Waals surface area contributed by atoms with Gasteiger partial charge in [-0.1, -0.05) is 45.0 Å². The molecule has 0 bridgehead atoms. The van der Waals surface area contributed by atoms with Crippen LogP contribution in [0.1, 0.15) is 38.8 Å². The molecule has 0 amide bonds. The van der Waals surface area contributed by atoms with Gasteiger partial charge in [0.25, 0.3) is 0 Å². The van der Waals surface area contributed by atoms with Gasteiger partial charge >= 0.3 is 11.9 Å². The van der Waals surface area contributed by atoms with E-state index in [1.807, 2.05) is 39.8 Å². The molecule has 2 rings (SSSR count). The van der Waals surface area contributed by atoms with Gasteiger partial charge in [-0.15, -0.1) is 0 Å². The van der Waals surface area contributed by atoms with Crippen molar-refractivity contribution in [1.29, 1.82) is 0 Å². The quantitative estimate of drug-likeness (QED) is 0.671. The number of hydrogen-bond donors (Lipinski definition) is 1. The summed E-state index contributed by atoms with van der Waals surface area (Å²) in [6.07, 6.45) is 0. The van der Waals surface area contributed by atoms with Crippen LogP contribution in [0.15, 0.2) is 29.8 Å². The van der Waals surface area contributed by atoms with Gasteiger partial charge in [0.15, 0.2) is 0 Å². The van der Waals surface area contributed by atoms with E-state index >= 15 is 0 Å². The molecule has 1 atom stereocenters. The van der Waals surface area contributed by atoms with Gasteiger partial charge < -0.3 is 9.84 Å². The maximum absolute atomic E-state index is 12.5. The second-order valence-electron chi connectivity index (χ2n) is 6.34. The molecule has 1 aromatic rings. The van der Waals surface area contributed by atoms with Crippen molar-refractivity contribution in [2.24, 2.45) is 5.41 Å². The highest BCUT2D eigenvalue weighted by Crippen LogP contribution is 2.53. The number of carboxylic acids is 1. The van der Waals surface area contributed by atoms with Gasteiger partial charge in [0.05, 0.1) is 7.11 Å². The van der Waals surface area contributed by atoms with E-state index in [1.54, 1.807) is 12.1 Å². The number of allylic oxidation sites excluding steroid dienone is 1. The molecule has 21 heavy (non-hydrogen) atoms. The summed E-state index contributed by atoms with van der Waals surface area (Å²) in [4.78, 5) is 24.7. The Morgan fingerprint density at radius 1 is 1.19 bits per heavy atom. The first-order valence-corrected chi connectivity index (χ1v) is 6.82. The SMILES string of the molecule is COC(=O)C1(C(=O)O)C(C(C)(C)C)=C(C)c2ccccc21. The Morgan fingerprint density at radius 3 is 2.24 bits per heavy atom. The van der Waals surface area contributed by atoms with Crippen LogP contribution in [-0.2, 0) is 19.7 Å². The maximum Gasteiger partial charge on any atom is 0.332 e. The van der Waals surface area contributed by atoms with Crippen LogP contribution in [0, 0.1) is 5.41 Å². The molecule has 112 valence electrons. The fourth-order valence-corrected chi connectivity index (χ4v) is 3.49. The largest absolute Gasteiger partial charge is 0.480 e. The predicted molar refractivity (Wildman–Crippen MR) is 79.8 cm³/mol. The molecule has 0 aliphatic heterocycles. The number of carbonyl (C=O) groups is 2. The lowest BCUT2D eigenvalue weighted by atomic mass is 9.67. The Labute approximate surface area is 124 Å². The number of carboxylic acid groups (broad SMARTS) is 1. The van der Waals surface area contributed by atoms with E-state index in [0.717, 1.165) is 11.1 Å². The number of carbonyl (C=O) groups excluding carboxylic acids is 1. The van der Waals surface area contributed by atoms with Crippen LogP contribution in [0.3, 0.4) is 0 Å². The smallest absolute Gasteiger partial charge is 0.332 e. The molecule has 1 aromatic carbocycles. The van der Waals surface area contributed by atoms with Crippen molar-refractivity contribution in [3.05, 3.63) is 41.0 Å². The first kappa shape index (κ1) is 15.3. The summed E-state index contributed by atoms with van der Waals surface area (Å²) in [5.74, 6) is -1.94. The summed E-state index contributed by atoms with van der Waals surface area (Å²) in [5, 5.41) is 9.93. The highest BCUT2D eigenvalue weighted by atomic mass is 16.5. The molecule has 0 aromatic heterocycles. The second kappa shape index (κ2) is 4.72. The first-order chi connectivity index (χ1) is 9.68. The molecule has 4 heteroatoms. The Balaban J connectivity index is 2.94. The summed E-state index contributed by atoms with van der Waals surface area (Å²) in [6, 6.07) is 7.14. The molecule has 0 spiro atoms. The van der Waals surface area contributed by atoms with Crippen LogP contribution >= 0.6 is 0 Å². The molecule has 1 aliphatic rings. The predicted octanol–water partition coefficient (Wildman–Crippen LogP) is 3.02. The molecule has 0 fully saturated rings. The second-order valence-corrected chi connectivity index (χ2v) is 6.34. The van der Waals surface area contributed by atoms with Crippen LogP contribution in [0.5, 0.6) is 0 Å². The highest BCUT2D eigenvalue weighted by molar-refractivity contribution is 6.14. The number of fused-ring (bicyclic) bond motifs is 1. The molecular formula is C17H20O4. The molecule has 1 N–H and O–H groups in total. The highest BCUT2D eigenvalue weighted by Gasteiger charge is 2.59. The topological polar surface area (TPSA) is 63.6 Å². The summed E-state index contributed by atoms with van der Waals surface area (Å²) in [7, 11) is 1.23. The van der Waals surface area contributed by atoms with Crippen LogP contribution in [0.4, 0.5) is 0 Å². The van der Waals surface area contributed by atoms with Crippen LogP contribution in [-0.4, -0.2) is 24.2 Å². The van der Waals surface area contributed by atoms with Crippen molar-refractivity contribution in [3.8, 4) is 0 Å². The first-order valence-electron chi connectivity index (χ1n) is 6.82. The van der Waals surface area contributed by atoms with Gasteiger partial charge in [0.1, 0.15) is 0 Å². The number of benzene rings is 1. The zero-order chi connectivity index (χ0) is 16.0. The third kappa shape index (κ3) is 1.89. The minimum Gasteiger partial charge on any atom is -0.480 e. The van der Waals surface area contributed by atoms with Crippen molar-refractivity contribution < 1.29 is 19.4 Å². The Kier molecular flexibility index (Phi) is 3.44. The number of methoxy groups -OCH3 is 1. The zero-order valence-corrected chi connectivity index (χ0v) is 13.0. The van der Waals surface area contributed by atoms with Gasteiger partial charge in [-0.25, -0.2) is 0 Å². The minimum absolute atomic E-state index is 0.477. The number of hydrogen-bond acceptors (Lipinski definition) is 3. The monoisotopic (exact) mass is 288 g/mol. The Bertz CT molecular complexity index is 649. The summed E-state index contributed by atoms with van der Waals surface area (Å²) >= 11 is 0. The molecular weight excluding hydrogens is 268 g/mol. The van der Waals surface area contributed by atoms with Crippen molar-refractivity contribution >= 4 is 17.5 Å². The molecule has 0 heterocycles. The number of rotatable bonds is 2. The van der Waals surface area contributed by atoms with Gasteiger partial charge in [-0.2, -0.15) is 0 Å². The normalized spacial score (nSPS) is 21.2. The third-order valence-corrected chi connectivity index (χ3v) is 4.05. The van der Waals surface area contributed by atoms with E-state index in [1.165, 1.54) is 7.11 Å². The fourth-order valence-electron chi connectivity index (χ4n) is 3.49. The van der Waals surface area contributed by atoms with E-state index in [2.05, 4.69) is 0 Å². The van der Waals surface area contributed by atoms with E-state index in [9.17, 15) is 14.7 Å². The van der Waals surface area contributed by atoms with Gasteiger partial charge in [0.2, 0.25) is 5.41 Å². The standard InChI is InChI=1S/C17H20O4/c1-10-11-8-6-7-9-12(11)17(14(18)19,15(20)21-5)13(10)16(2,3)4/h6-9H,1-5H3,(H,18,19). The lowest BCUT2D eigenvalue weighted by Crippen LogP contribution is -2.48. The lowest BCUT2D eigenvalue weighted by Gasteiger charge is -2.34. The van der Waals surface area contributed by atoms with E-state index in [-0.39, 0.29) is 0 Å². The third-order valence-electron chi connectivity index (χ3n) is 4.05. The maximum atomic E-state index is 12.5. The molecule has 1 aliphatic carbocycles. The van der Waals surface area contributed by atoms with Gasteiger partial charge in [-0.05, 0) is 34.6 Å². The number of esters is 1. The number of aliphatic carboxylic acids is 1. The zero-order valence-electron chi connectivity index (χ0n) is 13.0. The van der Waals surface area contributed by atoms with Crippen LogP contribution < -0.4 is 0 Å². The lowest BCUT2D eigenvalue weighted by molar-refractivity contribution is -0.158. The van der Waals surface area contributed by atoms with E-state index in [0.29, 0.717) is 11.1 Å². The molecule has 0 saturated carbocycles. The summed E-state index contributed by atoms with van der Waals surface area (Å²) in [6.45, 7) is 7.61. The summed E-state index contributed by atoms with van der Waals surface area (Å²) in [5.41, 5.74) is 0.493. The fraction of sp³-hybridized carbons (Fsp3) is 0.412. The van der Waals surface area contributed by atoms with Crippen molar-refractivity contribution in [3.63, 3.8) is 0 Å². The van der Waals surface area contributed by atoms with Gasteiger partial charge in [-0.3, -0.25) is 9.59 Å². The molecule has 0 saturated heterocycles. The average molecular weight is 288 g/mol. The van der Waals surface area contributed by atoms with E-state index < -0.39 is 22.8 Å². The van der Waals surface area contributed by atoms with E-state index in [4.69, 9.17) is 4.74 Å². The Morgan fingerprint density at radius 2 is 1.76 bits per heavy atom. The van der Waals surface area contributed by atoms with Crippen molar-refractivity contribution in [2.75, 3.05) is 7.11 Å². The van der Waals surface area contributed by atoms with Gasteiger partial charge in [0, 0.05) is 0 Å². The van der Waals surface area contributed by atoms with Crippen LogP contribution in [0.25, 0.3) is 5.57 Å². The van der Waals surface area contributed by atoms with Crippen LogP contribution in [0.2, 0.25) is 0 Å². The minimum atomic E-state index is -1.76. The molecule has 1 unspecified atom stereocenters. The molecule has 0 radical (unpaired) electrons. The number of ether oxygens (including phenoxy) is 1. The average Bonchev–Trinajstić information content (AvgIpc) is 2.69. The van der Waals surface area contributed by atoms with Crippen molar-refractivity contribution in [1.82, 2.24) is 0 Å².